The van der Waals surface area contributed by atoms with Crippen molar-refractivity contribution in [2.24, 2.45) is 5.92 Å². The lowest BCUT2D eigenvalue weighted by molar-refractivity contribution is -0.139. The van der Waals surface area contributed by atoms with Gasteiger partial charge in [0.05, 0.1) is 6.54 Å². The molecule has 0 radical (unpaired) electrons. The number of hydrogen-bond donors (Lipinski definition) is 0. The molecule has 2 saturated carbocycles. The third-order valence-electron chi connectivity index (χ3n) is 6.56. The van der Waals surface area contributed by atoms with Gasteiger partial charge in [0.1, 0.15) is 0 Å². The molecule has 1 aromatic carbocycles. The molecule has 0 atom stereocenters. The first-order chi connectivity index (χ1) is 13.7. The monoisotopic (exact) mass is 398 g/mol. The number of carbonyl (C=O) groups is 1. The standard InChI is InChI=1S/C24H31ClN2O/c25-23-15-7-6-11-20(23)17-26-16-8-14-22(26)18-27(21-12-2-1-3-13-21)24(28)19-9-4-5-10-19/h6-8,11,14-16,19,21H,1-5,9-10,12-13,17-18H2. The predicted octanol–water partition coefficient (Wildman–Crippen LogP) is 6.04. The van der Waals surface area contributed by atoms with Gasteiger partial charge in [0, 0.05) is 35.4 Å². The van der Waals surface area contributed by atoms with Crippen molar-refractivity contribution >= 4 is 17.5 Å². The Morgan fingerprint density at radius 1 is 0.964 bits per heavy atom. The highest BCUT2D eigenvalue weighted by atomic mass is 35.5. The van der Waals surface area contributed by atoms with Gasteiger partial charge in [0.2, 0.25) is 5.91 Å². The lowest BCUT2D eigenvalue weighted by atomic mass is 9.92. The fourth-order valence-corrected chi connectivity index (χ4v) is 5.11. The second-order valence-corrected chi connectivity index (χ2v) is 8.87. The molecule has 0 bridgehead atoms. The van der Waals surface area contributed by atoms with Crippen molar-refractivity contribution in [2.45, 2.75) is 76.9 Å². The van der Waals surface area contributed by atoms with E-state index >= 15 is 0 Å². The van der Waals surface area contributed by atoms with Gasteiger partial charge in [-0.05, 0) is 49.4 Å². The lowest BCUT2D eigenvalue weighted by Gasteiger charge is -2.36. The summed E-state index contributed by atoms with van der Waals surface area (Å²) < 4.78 is 2.25. The molecule has 1 heterocycles. The first-order valence-corrected chi connectivity index (χ1v) is 11.3. The van der Waals surface area contributed by atoms with Gasteiger partial charge >= 0.3 is 0 Å². The second-order valence-electron chi connectivity index (χ2n) is 8.46. The van der Waals surface area contributed by atoms with E-state index in [0.29, 0.717) is 11.9 Å². The van der Waals surface area contributed by atoms with Crippen LogP contribution < -0.4 is 0 Å². The Hall–Kier alpha value is -1.74. The minimum absolute atomic E-state index is 0.244. The summed E-state index contributed by atoms with van der Waals surface area (Å²) in [7, 11) is 0. The van der Waals surface area contributed by atoms with E-state index in [9.17, 15) is 4.79 Å². The van der Waals surface area contributed by atoms with Crippen molar-refractivity contribution in [3.63, 3.8) is 0 Å². The average molecular weight is 399 g/mol. The number of hydrogen-bond acceptors (Lipinski definition) is 1. The molecule has 28 heavy (non-hydrogen) atoms. The van der Waals surface area contributed by atoms with Gasteiger partial charge in [-0.15, -0.1) is 0 Å². The predicted molar refractivity (Wildman–Crippen MR) is 114 cm³/mol. The first-order valence-electron chi connectivity index (χ1n) is 10.9. The van der Waals surface area contributed by atoms with E-state index < -0.39 is 0 Å². The summed E-state index contributed by atoms with van der Waals surface area (Å²) in [5, 5.41) is 0.799. The number of carbonyl (C=O) groups excluding carboxylic acids is 1. The summed E-state index contributed by atoms with van der Waals surface area (Å²) >= 11 is 6.38. The van der Waals surface area contributed by atoms with Crippen LogP contribution in [-0.4, -0.2) is 21.4 Å². The second kappa shape index (κ2) is 9.17. The van der Waals surface area contributed by atoms with Gasteiger partial charge in [-0.1, -0.05) is 61.9 Å². The van der Waals surface area contributed by atoms with E-state index in [1.807, 2.05) is 18.2 Å². The quantitative estimate of drug-likeness (QED) is 0.582. The minimum atomic E-state index is 0.244. The summed E-state index contributed by atoms with van der Waals surface area (Å²) in [5.74, 6) is 0.642. The first kappa shape index (κ1) is 19.6. The number of halogens is 1. The normalized spacial score (nSPS) is 18.5. The Morgan fingerprint density at radius 3 is 2.43 bits per heavy atom. The molecule has 2 fully saturated rings. The zero-order valence-corrected chi connectivity index (χ0v) is 17.4. The summed E-state index contributed by atoms with van der Waals surface area (Å²) in [6.45, 7) is 1.47. The van der Waals surface area contributed by atoms with Crippen molar-refractivity contribution in [3.05, 3.63) is 58.9 Å². The van der Waals surface area contributed by atoms with E-state index in [0.717, 1.165) is 49.4 Å². The third kappa shape index (κ3) is 4.46. The van der Waals surface area contributed by atoms with Crippen LogP contribution >= 0.6 is 11.6 Å². The molecule has 2 aliphatic carbocycles. The summed E-state index contributed by atoms with van der Waals surface area (Å²) in [6.07, 6.45) is 12.8. The molecular weight excluding hydrogens is 368 g/mol. The molecule has 4 heteroatoms. The van der Waals surface area contributed by atoms with Crippen LogP contribution in [0.4, 0.5) is 0 Å². The van der Waals surface area contributed by atoms with E-state index in [2.05, 4.69) is 33.9 Å². The Bertz CT molecular complexity index is 787. The smallest absolute Gasteiger partial charge is 0.226 e. The zero-order valence-electron chi connectivity index (χ0n) is 16.7. The van der Waals surface area contributed by atoms with Gasteiger partial charge < -0.3 is 9.47 Å². The molecule has 2 aromatic rings. The molecule has 2 aliphatic rings. The van der Waals surface area contributed by atoms with Crippen LogP contribution in [0.2, 0.25) is 5.02 Å². The maximum Gasteiger partial charge on any atom is 0.226 e. The molecule has 3 nitrogen and oxygen atoms in total. The van der Waals surface area contributed by atoms with E-state index in [-0.39, 0.29) is 5.92 Å². The van der Waals surface area contributed by atoms with Gasteiger partial charge in [-0.3, -0.25) is 4.79 Å². The van der Waals surface area contributed by atoms with Gasteiger partial charge in [0.25, 0.3) is 0 Å². The number of amides is 1. The van der Waals surface area contributed by atoms with Crippen molar-refractivity contribution in [2.75, 3.05) is 0 Å². The van der Waals surface area contributed by atoms with Crippen molar-refractivity contribution < 1.29 is 4.79 Å². The summed E-state index contributed by atoms with van der Waals surface area (Å²) in [6, 6.07) is 12.7. The topological polar surface area (TPSA) is 25.2 Å². The van der Waals surface area contributed by atoms with Crippen molar-refractivity contribution in [1.82, 2.24) is 9.47 Å². The highest BCUT2D eigenvalue weighted by molar-refractivity contribution is 6.31. The number of aromatic nitrogens is 1. The zero-order chi connectivity index (χ0) is 19.3. The van der Waals surface area contributed by atoms with Crippen LogP contribution in [0.25, 0.3) is 0 Å². The van der Waals surface area contributed by atoms with Crippen LogP contribution in [-0.2, 0) is 17.9 Å². The molecule has 0 spiro atoms. The van der Waals surface area contributed by atoms with Gasteiger partial charge in [0.15, 0.2) is 0 Å². The summed E-state index contributed by atoms with van der Waals surface area (Å²) in [5.41, 5.74) is 2.32. The van der Waals surface area contributed by atoms with Crippen LogP contribution in [0.5, 0.6) is 0 Å². The van der Waals surface area contributed by atoms with Crippen LogP contribution in [0.3, 0.4) is 0 Å². The molecule has 1 amide bonds. The average Bonchev–Trinajstić information content (AvgIpc) is 3.40. The van der Waals surface area contributed by atoms with Crippen LogP contribution in [0, 0.1) is 5.92 Å². The third-order valence-corrected chi connectivity index (χ3v) is 6.93. The lowest BCUT2D eigenvalue weighted by Crippen LogP contribution is -2.44. The SMILES string of the molecule is O=C(C1CCCC1)N(Cc1cccn1Cc1ccccc1Cl)C1CCCCC1. The Morgan fingerprint density at radius 2 is 1.68 bits per heavy atom. The molecule has 1 aromatic heterocycles. The van der Waals surface area contributed by atoms with Crippen LogP contribution in [0.1, 0.15) is 69.0 Å². The van der Waals surface area contributed by atoms with E-state index in [1.54, 1.807) is 0 Å². The number of rotatable bonds is 6. The summed E-state index contributed by atoms with van der Waals surface area (Å²) in [4.78, 5) is 15.6. The highest BCUT2D eigenvalue weighted by Gasteiger charge is 2.32. The number of nitrogens with zero attached hydrogens (tertiary/aromatic N) is 2. The minimum Gasteiger partial charge on any atom is -0.345 e. The molecule has 0 saturated heterocycles. The fraction of sp³-hybridized carbons (Fsp3) is 0.542. The largest absolute Gasteiger partial charge is 0.345 e. The maximum atomic E-state index is 13.4. The molecular formula is C24H31ClN2O. The molecule has 0 N–H and O–H groups in total. The Labute approximate surface area is 173 Å². The van der Waals surface area contributed by atoms with E-state index in [4.69, 9.17) is 11.6 Å². The van der Waals surface area contributed by atoms with Crippen molar-refractivity contribution in [3.8, 4) is 0 Å². The number of benzene rings is 1. The molecule has 0 aliphatic heterocycles. The molecule has 0 unspecified atom stereocenters. The van der Waals surface area contributed by atoms with Crippen molar-refractivity contribution in [1.29, 1.82) is 0 Å². The Balaban J connectivity index is 1.54. The maximum absolute atomic E-state index is 13.4. The molecule has 150 valence electrons. The van der Waals surface area contributed by atoms with Gasteiger partial charge in [-0.2, -0.15) is 0 Å². The van der Waals surface area contributed by atoms with Gasteiger partial charge in [-0.25, -0.2) is 0 Å². The Kier molecular flexibility index (Phi) is 6.41. The van der Waals surface area contributed by atoms with E-state index in [1.165, 1.54) is 37.8 Å². The fourth-order valence-electron chi connectivity index (χ4n) is 4.92. The highest BCUT2D eigenvalue weighted by Crippen LogP contribution is 2.31. The molecule has 4 rings (SSSR count). The van der Waals surface area contributed by atoms with Crippen LogP contribution in [0.15, 0.2) is 42.6 Å².